The number of likely N-dealkylation sites (N-methyl/N-ethyl adjacent to an activating group) is 1. The molecule has 3 heterocycles. The van der Waals surface area contributed by atoms with E-state index in [1.807, 2.05) is 0 Å². The number of benzene rings is 1. The molecule has 152 valence electrons. The van der Waals surface area contributed by atoms with Crippen LogP contribution in [-0.2, 0) is 21.7 Å². The molecule has 1 N–H and O–H groups in total. The fraction of sp³-hybridized carbons (Fsp3) is 0.350. The van der Waals surface area contributed by atoms with Gasteiger partial charge in [-0.15, -0.1) is 0 Å². The number of carbonyl (C=O) groups excluding carboxylic acids is 3. The van der Waals surface area contributed by atoms with Gasteiger partial charge in [0.15, 0.2) is 11.5 Å². The quantitative estimate of drug-likeness (QED) is 0.765. The molecule has 0 bridgehead atoms. The molecule has 9 nitrogen and oxygen atoms in total. The average molecular weight is 399 g/mol. The fourth-order valence-electron chi connectivity index (χ4n) is 3.37. The molecule has 4 amide bonds. The zero-order chi connectivity index (χ0) is 20.6. The minimum absolute atomic E-state index is 0.245. The maximum absolute atomic E-state index is 13.1. The number of hydrogen-bond donors (Lipinski definition) is 1. The number of rotatable bonds is 5. The highest BCUT2D eigenvalue weighted by molar-refractivity contribution is 6.09. The zero-order valence-corrected chi connectivity index (χ0v) is 16.1. The Bertz CT molecular complexity index is 957. The van der Waals surface area contributed by atoms with Gasteiger partial charge in [-0.05, 0) is 36.8 Å². The molecule has 0 saturated carbocycles. The van der Waals surface area contributed by atoms with E-state index in [9.17, 15) is 14.4 Å². The minimum atomic E-state index is -1.30. The summed E-state index contributed by atoms with van der Waals surface area (Å²) in [6, 6.07) is 7.95. The second-order valence-corrected chi connectivity index (χ2v) is 7.13. The van der Waals surface area contributed by atoms with Gasteiger partial charge in [0.05, 0.1) is 12.8 Å². The van der Waals surface area contributed by atoms with E-state index >= 15 is 0 Å². The molecule has 2 aliphatic rings. The van der Waals surface area contributed by atoms with E-state index in [0.29, 0.717) is 36.0 Å². The van der Waals surface area contributed by atoms with Gasteiger partial charge < -0.3 is 24.1 Å². The van der Waals surface area contributed by atoms with Gasteiger partial charge in [-0.2, -0.15) is 0 Å². The van der Waals surface area contributed by atoms with Crippen LogP contribution < -0.4 is 14.8 Å². The van der Waals surface area contributed by atoms with E-state index in [2.05, 4.69) is 5.32 Å². The molecule has 1 atom stereocenters. The first-order valence-electron chi connectivity index (χ1n) is 9.19. The number of nitrogens with zero attached hydrogens (tertiary/aromatic N) is 2. The topological polar surface area (TPSA) is 101 Å². The molecule has 2 aliphatic heterocycles. The van der Waals surface area contributed by atoms with Crippen LogP contribution in [0, 0.1) is 0 Å². The molecule has 0 aliphatic carbocycles. The summed E-state index contributed by atoms with van der Waals surface area (Å²) in [6.07, 6.45) is 1.52. The Kier molecular flexibility index (Phi) is 4.65. The Morgan fingerprint density at radius 3 is 2.69 bits per heavy atom. The summed E-state index contributed by atoms with van der Waals surface area (Å²) < 4.78 is 16.3. The molecule has 1 aromatic heterocycles. The first kappa shape index (κ1) is 18.9. The van der Waals surface area contributed by atoms with Crippen molar-refractivity contribution in [3.63, 3.8) is 0 Å². The number of hydrogen-bond acceptors (Lipinski definition) is 6. The Hall–Kier alpha value is -3.49. The van der Waals surface area contributed by atoms with Crippen molar-refractivity contribution in [2.75, 3.05) is 26.8 Å². The number of fused-ring (bicyclic) bond motifs is 1. The van der Waals surface area contributed by atoms with Gasteiger partial charge in [-0.1, -0.05) is 6.07 Å². The van der Waals surface area contributed by atoms with Gasteiger partial charge in [-0.3, -0.25) is 14.5 Å². The van der Waals surface area contributed by atoms with Crippen molar-refractivity contribution in [2.45, 2.75) is 19.0 Å². The monoisotopic (exact) mass is 399 g/mol. The number of imide groups is 1. The highest BCUT2D eigenvalue weighted by Crippen LogP contribution is 2.36. The maximum Gasteiger partial charge on any atom is 0.325 e. The SMILES string of the molecule is CN(Cc1ccco1)C(=O)CN1C(=O)N[C@](C)(c2ccc3c(c2)OCCO3)C1=O. The van der Waals surface area contributed by atoms with Crippen molar-refractivity contribution in [2.24, 2.45) is 0 Å². The summed E-state index contributed by atoms with van der Waals surface area (Å²) >= 11 is 0. The molecular formula is C20H21N3O6. The minimum Gasteiger partial charge on any atom is -0.486 e. The predicted octanol–water partition coefficient (Wildman–Crippen LogP) is 1.48. The summed E-state index contributed by atoms with van der Waals surface area (Å²) in [5.74, 6) is 0.839. The largest absolute Gasteiger partial charge is 0.486 e. The van der Waals surface area contributed by atoms with Crippen molar-refractivity contribution in [3.8, 4) is 11.5 Å². The lowest BCUT2D eigenvalue weighted by molar-refractivity contribution is -0.138. The average Bonchev–Trinajstić information content (AvgIpc) is 3.30. The van der Waals surface area contributed by atoms with Crippen molar-refractivity contribution in [3.05, 3.63) is 47.9 Å². The van der Waals surface area contributed by atoms with Crippen molar-refractivity contribution in [1.29, 1.82) is 0 Å². The van der Waals surface area contributed by atoms with Crippen LogP contribution in [0.15, 0.2) is 41.0 Å². The van der Waals surface area contributed by atoms with Crippen LogP contribution in [0.1, 0.15) is 18.2 Å². The van der Waals surface area contributed by atoms with Gasteiger partial charge in [0, 0.05) is 7.05 Å². The van der Waals surface area contributed by atoms with Gasteiger partial charge >= 0.3 is 6.03 Å². The third-order valence-electron chi connectivity index (χ3n) is 5.09. The lowest BCUT2D eigenvalue weighted by Gasteiger charge is -2.25. The lowest BCUT2D eigenvalue weighted by Crippen LogP contribution is -2.43. The Morgan fingerprint density at radius 1 is 1.21 bits per heavy atom. The van der Waals surface area contributed by atoms with E-state index in [0.717, 1.165) is 4.90 Å². The summed E-state index contributed by atoms with van der Waals surface area (Å²) in [7, 11) is 1.59. The van der Waals surface area contributed by atoms with Crippen LogP contribution in [0.2, 0.25) is 0 Å². The third-order valence-corrected chi connectivity index (χ3v) is 5.09. The van der Waals surface area contributed by atoms with E-state index in [-0.39, 0.29) is 19.0 Å². The van der Waals surface area contributed by atoms with E-state index in [1.54, 1.807) is 44.3 Å². The summed E-state index contributed by atoms with van der Waals surface area (Å²) in [4.78, 5) is 40.4. The number of furan rings is 1. The van der Waals surface area contributed by atoms with Crippen molar-refractivity contribution < 1.29 is 28.3 Å². The standard InChI is InChI=1S/C20H21N3O6/c1-20(13-5-6-15-16(10-13)29-9-8-28-15)18(25)23(19(26)21-20)12-17(24)22(2)11-14-4-3-7-27-14/h3-7,10H,8-9,11-12H2,1-2H3,(H,21,26)/t20-/m1/s1. The molecule has 0 spiro atoms. The van der Waals surface area contributed by atoms with Crippen molar-refractivity contribution in [1.82, 2.24) is 15.1 Å². The second-order valence-electron chi connectivity index (χ2n) is 7.13. The molecule has 0 radical (unpaired) electrons. The highest BCUT2D eigenvalue weighted by atomic mass is 16.6. The van der Waals surface area contributed by atoms with Crippen LogP contribution in [0.5, 0.6) is 11.5 Å². The van der Waals surface area contributed by atoms with E-state index < -0.39 is 17.5 Å². The molecule has 4 rings (SSSR count). The molecule has 29 heavy (non-hydrogen) atoms. The number of ether oxygens (including phenoxy) is 2. The maximum atomic E-state index is 13.1. The Balaban J connectivity index is 1.50. The Morgan fingerprint density at radius 2 is 1.97 bits per heavy atom. The summed E-state index contributed by atoms with van der Waals surface area (Å²) in [5.41, 5.74) is -0.744. The van der Waals surface area contributed by atoms with Crippen LogP contribution in [0.4, 0.5) is 4.79 Å². The van der Waals surface area contributed by atoms with Crippen LogP contribution in [-0.4, -0.2) is 54.5 Å². The van der Waals surface area contributed by atoms with Gasteiger partial charge in [0.1, 0.15) is 31.1 Å². The molecule has 1 saturated heterocycles. The molecule has 1 fully saturated rings. The Labute approximate surface area is 167 Å². The summed E-state index contributed by atoms with van der Waals surface area (Å²) in [6.45, 7) is 2.36. The first-order chi connectivity index (χ1) is 13.9. The molecule has 9 heteroatoms. The number of amides is 4. The molecule has 2 aromatic rings. The number of urea groups is 1. The van der Waals surface area contributed by atoms with Crippen molar-refractivity contribution >= 4 is 17.8 Å². The van der Waals surface area contributed by atoms with Gasteiger partial charge in [-0.25, -0.2) is 4.79 Å². The summed E-state index contributed by atoms with van der Waals surface area (Å²) in [5, 5.41) is 2.69. The van der Waals surface area contributed by atoms with Crippen LogP contribution >= 0.6 is 0 Å². The van der Waals surface area contributed by atoms with E-state index in [1.165, 1.54) is 11.2 Å². The smallest absolute Gasteiger partial charge is 0.325 e. The van der Waals surface area contributed by atoms with Crippen LogP contribution in [0.3, 0.4) is 0 Å². The normalized spacial score (nSPS) is 20.6. The fourth-order valence-corrected chi connectivity index (χ4v) is 3.37. The zero-order valence-electron chi connectivity index (χ0n) is 16.1. The molecular weight excluding hydrogens is 378 g/mol. The molecule has 0 unspecified atom stereocenters. The number of carbonyl (C=O) groups is 3. The molecule has 1 aromatic carbocycles. The lowest BCUT2D eigenvalue weighted by atomic mass is 9.91. The van der Waals surface area contributed by atoms with Crippen LogP contribution in [0.25, 0.3) is 0 Å². The van der Waals surface area contributed by atoms with Gasteiger partial charge in [0.25, 0.3) is 5.91 Å². The second kappa shape index (κ2) is 7.16. The third kappa shape index (κ3) is 3.39. The van der Waals surface area contributed by atoms with Gasteiger partial charge in [0.2, 0.25) is 5.91 Å². The predicted molar refractivity (Wildman–Crippen MR) is 100 cm³/mol. The first-order valence-corrected chi connectivity index (χ1v) is 9.19. The number of nitrogens with one attached hydrogen (secondary N) is 1. The van der Waals surface area contributed by atoms with E-state index in [4.69, 9.17) is 13.9 Å². The highest BCUT2D eigenvalue weighted by Gasteiger charge is 2.50.